The summed E-state index contributed by atoms with van der Waals surface area (Å²) in [5.74, 6) is -0.298. The van der Waals surface area contributed by atoms with Crippen LogP contribution in [-0.4, -0.2) is 24.5 Å². The topological polar surface area (TPSA) is 81.4 Å². The summed E-state index contributed by atoms with van der Waals surface area (Å²) >= 11 is 0. The van der Waals surface area contributed by atoms with Crippen LogP contribution >= 0.6 is 0 Å². The highest BCUT2D eigenvalue weighted by atomic mass is 16.5. The molecular weight excluding hydrogens is 268 g/mol. The summed E-state index contributed by atoms with van der Waals surface area (Å²) in [6, 6.07) is 4.89. The Bertz CT molecular complexity index is 533. The summed E-state index contributed by atoms with van der Waals surface area (Å²) in [6.45, 7) is 9.35. The van der Waals surface area contributed by atoms with Crippen LogP contribution in [0.3, 0.4) is 0 Å². The molecule has 0 aliphatic rings. The normalized spacial score (nSPS) is 12.6. The zero-order chi connectivity index (χ0) is 16.2. The number of carbonyl (C=O) groups is 2. The molecule has 0 bridgehead atoms. The highest BCUT2D eigenvalue weighted by molar-refractivity contribution is 5.87. The second-order valence-corrected chi connectivity index (χ2v) is 6.30. The molecule has 21 heavy (non-hydrogen) atoms. The number of amides is 2. The van der Waals surface area contributed by atoms with Gasteiger partial charge in [0.2, 0.25) is 5.91 Å². The fourth-order valence-corrected chi connectivity index (χ4v) is 1.87. The Morgan fingerprint density at radius 3 is 2.33 bits per heavy atom. The number of hydrogen-bond donors (Lipinski definition) is 2. The maximum Gasteiger partial charge on any atom is 0.258 e. The number of ether oxygens (including phenoxy) is 1. The lowest BCUT2D eigenvalue weighted by Gasteiger charge is -2.28. The molecule has 1 aromatic rings. The molecule has 5 nitrogen and oxygen atoms in total. The van der Waals surface area contributed by atoms with Crippen LogP contribution in [0.1, 0.15) is 31.9 Å². The van der Waals surface area contributed by atoms with Crippen molar-refractivity contribution >= 4 is 11.8 Å². The van der Waals surface area contributed by atoms with Crippen LogP contribution in [0.2, 0.25) is 0 Å². The SMILES string of the molecule is Cc1ccc(OCC(=O)N[C@H](C(N)=O)C(C)(C)C)cc1C. The van der Waals surface area contributed by atoms with Gasteiger partial charge in [-0.25, -0.2) is 0 Å². The average molecular weight is 292 g/mol. The Kier molecular flexibility index (Phi) is 5.35. The van der Waals surface area contributed by atoms with Crippen molar-refractivity contribution in [3.05, 3.63) is 29.3 Å². The summed E-state index contributed by atoms with van der Waals surface area (Å²) in [7, 11) is 0. The molecule has 0 saturated carbocycles. The second kappa shape index (κ2) is 6.61. The Hall–Kier alpha value is -2.04. The fourth-order valence-electron chi connectivity index (χ4n) is 1.87. The Balaban J connectivity index is 2.61. The highest BCUT2D eigenvalue weighted by Crippen LogP contribution is 2.19. The number of nitrogens with one attached hydrogen (secondary N) is 1. The third-order valence-corrected chi connectivity index (χ3v) is 3.30. The van der Waals surface area contributed by atoms with Gasteiger partial charge in [0.25, 0.3) is 5.91 Å². The molecule has 0 aliphatic carbocycles. The molecule has 0 fully saturated rings. The van der Waals surface area contributed by atoms with E-state index >= 15 is 0 Å². The minimum absolute atomic E-state index is 0.150. The molecule has 116 valence electrons. The fraction of sp³-hybridized carbons (Fsp3) is 0.500. The quantitative estimate of drug-likeness (QED) is 0.866. The van der Waals surface area contributed by atoms with E-state index in [1.165, 1.54) is 0 Å². The zero-order valence-electron chi connectivity index (χ0n) is 13.3. The van der Waals surface area contributed by atoms with E-state index < -0.39 is 17.4 Å². The monoisotopic (exact) mass is 292 g/mol. The Morgan fingerprint density at radius 2 is 1.86 bits per heavy atom. The van der Waals surface area contributed by atoms with Gasteiger partial charge in [0.15, 0.2) is 6.61 Å². The molecule has 5 heteroatoms. The molecule has 0 unspecified atom stereocenters. The van der Waals surface area contributed by atoms with E-state index in [1.54, 1.807) is 0 Å². The molecular formula is C16H24N2O3. The molecule has 1 atom stereocenters. The number of benzene rings is 1. The molecule has 0 heterocycles. The molecule has 0 saturated heterocycles. The van der Waals surface area contributed by atoms with Gasteiger partial charge in [-0.05, 0) is 42.5 Å². The molecule has 3 N–H and O–H groups in total. The van der Waals surface area contributed by atoms with Crippen LogP contribution in [0.15, 0.2) is 18.2 Å². The summed E-state index contributed by atoms with van der Waals surface area (Å²) in [4.78, 5) is 23.3. The number of rotatable bonds is 5. The van der Waals surface area contributed by atoms with Gasteiger partial charge in [0, 0.05) is 0 Å². The maximum absolute atomic E-state index is 11.9. The molecule has 0 aromatic heterocycles. The number of aryl methyl sites for hydroxylation is 2. The maximum atomic E-state index is 11.9. The second-order valence-electron chi connectivity index (χ2n) is 6.30. The first-order valence-electron chi connectivity index (χ1n) is 6.90. The van der Waals surface area contributed by atoms with Crippen molar-refractivity contribution in [2.45, 2.75) is 40.7 Å². The lowest BCUT2D eigenvalue weighted by Crippen LogP contribution is -2.53. The van der Waals surface area contributed by atoms with Crippen molar-refractivity contribution in [2.24, 2.45) is 11.1 Å². The van der Waals surface area contributed by atoms with E-state index in [1.807, 2.05) is 52.8 Å². The van der Waals surface area contributed by atoms with Gasteiger partial charge in [0.1, 0.15) is 11.8 Å². The van der Waals surface area contributed by atoms with Crippen LogP contribution in [0, 0.1) is 19.3 Å². The van der Waals surface area contributed by atoms with Crippen LogP contribution < -0.4 is 15.8 Å². The molecule has 0 spiro atoms. The molecule has 0 radical (unpaired) electrons. The summed E-state index contributed by atoms with van der Waals surface area (Å²) in [5.41, 5.74) is 7.13. The van der Waals surface area contributed by atoms with Gasteiger partial charge in [-0.3, -0.25) is 9.59 Å². The first-order valence-corrected chi connectivity index (χ1v) is 6.90. The van der Waals surface area contributed by atoms with E-state index in [0.29, 0.717) is 5.75 Å². The zero-order valence-corrected chi connectivity index (χ0v) is 13.3. The first-order chi connectivity index (χ1) is 9.61. The number of carbonyl (C=O) groups excluding carboxylic acids is 2. The van der Waals surface area contributed by atoms with Crippen LogP contribution in [0.4, 0.5) is 0 Å². The lowest BCUT2D eigenvalue weighted by atomic mass is 9.86. The predicted octanol–water partition coefficient (Wildman–Crippen LogP) is 1.70. The van der Waals surface area contributed by atoms with Gasteiger partial charge in [-0.2, -0.15) is 0 Å². The van der Waals surface area contributed by atoms with Crippen LogP contribution in [0.5, 0.6) is 5.75 Å². The van der Waals surface area contributed by atoms with Gasteiger partial charge in [-0.1, -0.05) is 26.8 Å². The van der Waals surface area contributed by atoms with Crippen molar-refractivity contribution in [3.8, 4) is 5.75 Å². The number of hydrogen-bond acceptors (Lipinski definition) is 3. The largest absolute Gasteiger partial charge is 0.484 e. The van der Waals surface area contributed by atoms with Gasteiger partial charge in [-0.15, -0.1) is 0 Å². The summed E-state index contributed by atoms with van der Waals surface area (Å²) < 4.78 is 5.43. The van der Waals surface area contributed by atoms with E-state index in [9.17, 15) is 9.59 Å². The minimum atomic E-state index is -0.728. The third-order valence-electron chi connectivity index (χ3n) is 3.30. The van der Waals surface area contributed by atoms with Gasteiger partial charge >= 0.3 is 0 Å². The molecule has 0 aliphatic heterocycles. The van der Waals surface area contributed by atoms with Crippen molar-refractivity contribution in [1.82, 2.24) is 5.32 Å². The van der Waals surface area contributed by atoms with E-state index in [2.05, 4.69) is 5.32 Å². The highest BCUT2D eigenvalue weighted by Gasteiger charge is 2.31. The standard InChI is InChI=1S/C16H24N2O3/c1-10-6-7-12(8-11(10)2)21-9-13(19)18-14(15(17)20)16(3,4)5/h6-8,14H,9H2,1-5H3,(H2,17,20)(H,18,19)/t14-/m1/s1. The van der Waals surface area contributed by atoms with E-state index in [0.717, 1.165) is 11.1 Å². The van der Waals surface area contributed by atoms with Gasteiger partial charge < -0.3 is 15.8 Å². The third kappa shape index (κ3) is 5.10. The Labute approximate surface area is 125 Å². The smallest absolute Gasteiger partial charge is 0.258 e. The molecule has 1 rings (SSSR count). The van der Waals surface area contributed by atoms with Crippen LogP contribution in [0.25, 0.3) is 0 Å². The minimum Gasteiger partial charge on any atom is -0.484 e. The number of primary amides is 1. The van der Waals surface area contributed by atoms with E-state index in [-0.39, 0.29) is 12.5 Å². The van der Waals surface area contributed by atoms with Crippen molar-refractivity contribution in [3.63, 3.8) is 0 Å². The number of nitrogens with two attached hydrogens (primary N) is 1. The van der Waals surface area contributed by atoms with Crippen molar-refractivity contribution in [2.75, 3.05) is 6.61 Å². The van der Waals surface area contributed by atoms with Gasteiger partial charge in [0.05, 0.1) is 0 Å². The molecule has 1 aromatic carbocycles. The lowest BCUT2D eigenvalue weighted by molar-refractivity contribution is -0.130. The first kappa shape index (κ1) is 17.0. The summed E-state index contributed by atoms with van der Waals surface area (Å²) in [5, 5.41) is 2.61. The van der Waals surface area contributed by atoms with Crippen molar-refractivity contribution < 1.29 is 14.3 Å². The van der Waals surface area contributed by atoms with Crippen LogP contribution in [-0.2, 0) is 9.59 Å². The Morgan fingerprint density at radius 1 is 1.24 bits per heavy atom. The molecule has 2 amide bonds. The summed E-state index contributed by atoms with van der Waals surface area (Å²) in [6.07, 6.45) is 0. The van der Waals surface area contributed by atoms with E-state index in [4.69, 9.17) is 10.5 Å². The van der Waals surface area contributed by atoms with Crippen molar-refractivity contribution in [1.29, 1.82) is 0 Å². The average Bonchev–Trinajstić information content (AvgIpc) is 2.35. The predicted molar refractivity (Wildman–Crippen MR) is 82.0 cm³/mol.